The number of aryl methyl sites for hydroxylation is 1. The minimum atomic E-state index is 0.663. The number of benzene rings is 1. The second kappa shape index (κ2) is 7.53. The molecule has 1 atom stereocenters. The zero-order valence-electron chi connectivity index (χ0n) is 12.9. The SMILES string of the molecule is CCOc1ccc(CCCN2CCCCC2C)cc1N. The molecule has 0 spiro atoms. The summed E-state index contributed by atoms with van der Waals surface area (Å²) in [5.41, 5.74) is 8.08. The van der Waals surface area contributed by atoms with Gasteiger partial charge >= 0.3 is 0 Å². The van der Waals surface area contributed by atoms with Gasteiger partial charge in [-0.05, 0) is 70.3 Å². The minimum Gasteiger partial charge on any atom is -0.492 e. The van der Waals surface area contributed by atoms with Gasteiger partial charge in [-0.15, -0.1) is 0 Å². The van der Waals surface area contributed by atoms with Crippen molar-refractivity contribution in [1.82, 2.24) is 4.90 Å². The standard InChI is InChI=1S/C17H28N2O/c1-3-20-17-10-9-15(13-16(17)18)8-6-12-19-11-5-4-7-14(19)2/h9-10,13-14H,3-8,11-12,18H2,1-2H3. The van der Waals surface area contributed by atoms with E-state index in [1.807, 2.05) is 13.0 Å². The molecule has 1 saturated heterocycles. The maximum Gasteiger partial charge on any atom is 0.142 e. The lowest BCUT2D eigenvalue weighted by Gasteiger charge is -2.33. The van der Waals surface area contributed by atoms with Crippen LogP contribution in [0.4, 0.5) is 5.69 Å². The van der Waals surface area contributed by atoms with Gasteiger partial charge < -0.3 is 15.4 Å². The number of ether oxygens (including phenoxy) is 1. The molecule has 3 nitrogen and oxygen atoms in total. The van der Waals surface area contributed by atoms with E-state index in [4.69, 9.17) is 10.5 Å². The predicted molar refractivity (Wildman–Crippen MR) is 85.2 cm³/mol. The number of nitrogen functional groups attached to an aromatic ring is 1. The van der Waals surface area contributed by atoms with Crippen molar-refractivity contribution in [3.8, 4) is 5.75 Å². The molecule has 20 heavy (non-hydrogen) atoms. The summed E-state index contributed by atoms with van der Waals surface area (Å²) in [5.74, 6) is 0.806. The predicted octanol–water partition coefficient (Wildman–Crippen LogP) is 3.47. The fraction of sp³-hybridized carbons (Fsp3) is 0.647. The molecule has 1 aliphatic rings. The van der Waals surface area contributed by atoms with E-state index in [-0.39, 0.29) is 0 Å². The number of likely N-dealkylation sites (tertiary alicyclic amines) is 1. The number of hydrogen-bond donors (Lipinski definition) is 1. The maximum atomic E-state index is 6.01. The van der Waals surface area contributed by atoms with Crippen molar-refractivity contribution < 1.29 is 4.74 Å². The number of nitrogens with two attached hydrogens (primary N) is 1. The van der Waals surface area contributed by atoms with Gasteiger partial charge in [0.15, 0.2) is 0 Å². The van der Waals surface area contributed by atoms with Crippen LogP contribution in [0, 0.1) is 0 Å². The Kier molecular flexibility index (Phi) is 5.72. The summed E-state index contributed by atoms with van der Waals surface area (Å²) in [4.78, 5) is 2.63. The minimum absolute atomic E-state index is 0.663. The Morgan fingerprint density at radius 1 is 1.35 bits per heavy atom. The summed E-state index contributed by atoms with van der Waals surface area (Å²) in [5, 5.41) is 0. The third-order valence-corrected chi connectivity index (χ3v) is 4.23. The molecular formula is C17H28N2O. The van der Waals surface area contributed by atoms with E-state index in [1.165, 1.54) is 44.3 Å². The van der Waals surface area contributed by atoms with Gasteiger partial charge in [0.25, 0.3) is 0 Å². The van der Waals surface area contributed by atoms with Crippen LogP contribution in [0.1, 0.15) is 45.1 Å². The molecule has 1 unspecified atom stereocenters. The van der Waals surface area contributed by atoms with Crippen LogP contribution < -0.4 is 10.5 Å². The first kappa shape index (κ1) is 15.2. The average molecular weight is 276 g/mol. The van der Waals surface area contributed by atoms with E-state index in [0.717, 1.165) is 23.9 Å². The van der Waals surface area contributed by atoms with Crippen molar-refractivity contribution >= 4 is 5.69 Å². The van der Waals surface area contributed by atoms with Crippen molar-refractivity contribution in [2.75, 3.05) is 25.4 Å². The molecule has 2 N–H and O–H groups in total. The van der Waals surface area contributed by atoms with E-state index in [9.17, 15) is 0 Å². The molecule has 0 amide bonds. The summed E-state index contributed by atoms with van der Waals surface area (Å²) in [6, 6.07) is 6.96. The molecule has 1 heterocycles. The quantitative estimate of drug-likeness (QED) is 0.809. The molecule has 112 valence electrons. The molecule has 3 heteroatoms. The van der Waals surface area contributed by atoms with Crippen LogP contribution in [0.25, 0.3) is 0 Å². The Balaban J connectivity index is 1.80. The lowest BCUT2D eigenvalue weighted by molar-refractivity contribution is 0.159. The Labute approximate surface area is 123 Å². The summed E-state index contributed by atoms with van der Waals surface area (Å²) in [7, 11) is 0. The van der Waals surface area contributed by atoms with Gasteiger partial charge in [0.1, 0.15) is 5.75 Å². The molecular weight excluding hydrogens is 248 g/mol. The zero-order valence-corrected chi connectivity index (χ0v) is 12.9. The highest BCUT2D eigenvalue weighted by Gasteiger charge is 2.17. The zero-order chi connectivity index (χ0) is 14.4. The first-order chi connectivity index (χ1) is 9.70. The van der Waals surface area contributed by atoms with Crippen molar-refractivity contribution in [3.05, 3.63) is 23.8 Å². The smallest absolute Gasteiger partial charge is 0.142 e. The van der Waals surface area contributed by atoms with Gasteiger partial charge in [-0.3, -0.25) is 0 Å². The summed E-state index contributed by atoms with van der Waals surface area (Å²) >= 11 is 0. The van der Waals surface area contributed by atoms with Crippen LogP contribution >= 0.6 is 0 Å². The molecule has 0 bridgehead atoms. The van der Waals surface area contributed by atoms with Gasteiger partial charge in [-0.2, -0.15) is 0 Å². The van der Waals surface area contributed by atoms with Gasteiger partial charge in [-0.1, -0.05) is 12.5 Å². The van der Waals surface area contributed by atoms with Crippen LogP contribution in [0.3, 0.4) is 0 Å². The average Bonchev–Trinajstić information content (AvgIpc) is 2.44. The Morgan fingerprint density at radius 3 is 2.90 bits per heavy atom. The normalized spacial score (nSPS) is 20.0. The molecule has 0 saturated carbocycles. The van der Waals surface area contributed by atoms with E-state index in [2.05, 4.69) is 24.0 Å². The summed E-state index contributed by atoms with van der Waals surface area (Å²) in [6.45, 7) is 7.47. The number of anilines is 1. The highest BCUT2D eigenvalue weighted by atomic mass is 16.5. The van der Waals surface area contributed by atoms with Crippen molar-refractivity contribution in [2.45, 2.75) is 52.0 Å². The van der Waals surface area contributed by atoms with Crippen LogP contribution in [0.15, 0.2) is 18.2 Å². The molecule has 1 aliphatic heterocycles. The van der Waals surface area contributed by atoms with E-state index >= 15 is 0 Å². The maximum absolute atomic E-state index is 6.01. The second-order valence-corrected chi connectivity index (χ2v) is 5.79. The van der Waals surface area contributed by atoms with Gasteiger partial charge in [0, 0.05) is 6.04 Å². The van der Waals surface area contributed by atoms with E-state index in [0.29, 0.717) is 6.61 Å². The molecule has 1 aromatic rings. The fourth-order valence-corrected chi connectivity index (χ4v) is 3.02. The van der Waals surface area contributed by atoms with Crippen LogP contribution in [-0.4, -0.2) is 30.6 Å². The Hall–Kier alpha value is -1.22. The van der Waals surface area contributed by atoms with Crippen molar-refractivity contribution in [2.24, 2.45) is 0 Å². The molecule has 1 fully saturated rings. The summed E-state index contributed by atoms with van der Waals surface area (Å²) < 4.78 is 5.47. The molecule has 0 aliphatic carbocycles. The van der Waals surface area contributed by atoms with Gasteiger partial charge in [-0.25, -0.2) is 0 Å². The largest absolute Gasteiger partial charge is 0.492 e. The topological polar surface area (TPSA) is 38.5 Å². The second-order valence-electron chi connectivity index (χ2n) is 5.79. The molecule has 1 aromatic carbocycles. The van der Waals surface area contributed by atoms with Gasteiger partial charge in [0.05, 0.1) is 12.3 Å². The lowest BCUT2D eigenvalue weighted by atomic mass is 10.0. The number of rotatable bonds is 6. The van der Waals surface area contributed by atoms with Crippen molar-refractivity contribution in [3.63, 3.8) is 0 Å². The third kappa shape index (κ3) is 4.14. The Morgan fingerprint density at radius 2 is 2.20 bits per heavy atom. The van der Waals surface area contributed by atoms with Crippen LogP contribution in [-0.2, 0) is 6.42 Å². The Bertz CT molecular complexity index is 419. The lowest BCUT2D eigenvalue weighted by Crippen LogP contribution is -2.38. The van der Waals surface area contributed by atoms with E-state index < -0.39 is 0 Å². The molecule has 0 radical (unpaired) electrons. The molecule has 2 rings (SSSR count). The first-order valence-electron chi connectivity index (χ1n) is 7.96. The van der Waals surface area contributed by atoms with E-state index in [1.54, 1.807) is 0 Å². The number of nitrogens with zero attached hydrogens (tertiary/aromatic N) is 1. The monoisotopic (exact) mass is 276 g/mol. The number of piperidine rings is 1. The number of hydrogen-bond acceptors (Lipinski definition) is 3. The third-order valence-electron chi connectivity index (χ3n) is 4.23. The van der Waals surface area contributed by atoms with Gasteiger partial charge in [0.2, 0.25) is 0 Å². The van der Waals surface area contributed by atoms with Crippen LogP contribution in [0.2, 0.25) is 0 Å². The highest BCUT2D eigenvalue weighted by Crippen LogP contribution is 2.23. The first-order valence-corrected chi connectivity index (χ1v) is 7.96. The molecule has 0 aromatic heterocycles. The fourth-order valence-electron chi connectivity index (χ4n) is 3.02. The van der Waals surface area contributed by atoms with Crippen molar-refractivity contribution in [1.29, 1.82) is 0 Å². The highest BCUT2D eigenvalue weighted by molar-refractivity contribution is 5.54. The summed E-state index contributed by atoms with van der Waals surface area (Å²) in [6.07, 6.45) is 6.42. The van der Waals surface area contributed by atoms with Crippen LogP contribution in [0.5, 0.6) is 5.75 Å².